The first kappa shape index (κ1) is 14.8. The van der Waals surface area contributed by atoms with Crippen molar-refractivity contribution in [1.29, 1.82) is 0 Å². The molecule has 2 aliphatic rings. The molecule has 2 fully saturated rings. The number of hydrogen-bond acceptors (Lipinski definition) is 1. The van der Waals surface area contributed by atoms with Crippen LogP contribution >= 0.6 is 0 Å². The summed E-state index contributed by atoms with van der Waals surface area (Å²) in [7, 11) is 2.28. The molecular weight excluding hydrogens is 327 g/mol. The molecule has 4 heteroatoms. The van der Waals surface area contributed by atoms with Crippen LogP contribution in [0.1, 0.15) is 25.7 Å². The molecular formula is C13H21IN2O. The van der Waals surface area contributed by atoms with E-state index < -0.39 is 0 Å². The van der Waals surface area contributed by atoms with E-state index in [9.17, 15) is 4.79 Å². The first-order valence-corrected chi connectivity index (χ1v) is 6.27. The van der Waals surface area contributed by atoms with Gasteiger partial charge in [-0.25, -0.2) is 0 Å². The Kier molecular flexibility index (Phi) is 5.74. The number of rotatable bonds is 2. The van der Waals surface area contributed by atoms with Gasteiger partial charge in [0.2, 0.25) is 5.91 Å². The molecule has 2 heterocycles. The van der Waals surface area contributed by atoms with Crippen LogP contribution in [0.25, 0.3) is 0 Å². The molecule has 0 aromatic heterocycles. The number of amides is 1. The molecule has 17 heavy (non-hydrogen) atoms. The van der Waals surface area contributed by atoms with Crippen LogP contribution < -0.4 is 24.0 Å². The zero-order valence-electron chi connectivity index (χ0n) is 10.5. The monoisotopic (exact) mass is 348 g/mol. The van der Waals surface area contributed by atoms with Crippen molar-refractivity contribution in [1.82, 2.24) is 4.90 Å². The van der Waals surface area contributed by atoms with E-state index in [1.807, 2.05) is 4.90 Å². The van der Waals surface area contributed by atoms with Gasteiger partial charge in [-0.05, 0) is 12.3 Å². The number of quaternary nitrogens is 1. The molecule has 0 saturated carbocycles. The average Bonchev–Trinajstić information content (AvgIpc) is 2.84. The fourth-order valence-electron chi connectivity index (χ4n) is 2.53. The fourth-order valence-corrected chi connectivity index (χ4v) is 2.53. The highest BCUT2D eigenvalue weighted by Gasteiger charge is 2.25. The molecule has 0 unspecified atom stereocenters. The van der Waals surface area contributed by atoms with E-state index in [2.05, 4.69) is 18.9 Å². The minimum Gasteiger partial charge on any atom is -1.00 e. The summed E-state index contributed by atoms with van der Waals surface area (Å²) in [6.45, 7) is 5.01. The Morgan fingerprint density at radius 2 is 1.94 bits per heavy atom. The third kappa shape index (κ3) is 4.14. The lowest BCUT2D eigenvalue weighted by molar-refractivity contribution is -0.890. The van der Waals surface area contributed by atoms with Gasteiger partial charge < -0.3 is 33.4 Å². The SMILES string of the molecule is C[N+]1(CC#CCN2CCCC2=O)CCCC1.[I-]. The van der Waals surface area contributed by atoms with Crippen molar-refractivity contribution in [2.45, 2.75) is 25.7 Å². The van der Waals surface area contributed by atoms with Crippen molar-refractivity contribution >= 4 is 5.91 Å². The first-order chi connectivity index (χ1) is 7.70. The van der Waals surface area contributed by atoms with Gasteiger partial charge in [0, 0.05) is 25.8 Å². The summed E-state index contributed by atoms with van der Waals surface area (Å²) in [6.07, 6.45) is 4.40. The fraction of sp³-hybridized carbons (Fsp3) is 0.769. The summed E-state index contributed by atoms with van der Waals surface area (Å²) in [4.78, 5) is 13.2. The smallest absolute Gasteiger partial charge is 0.223 e. The van der Waals surface area contributed by atoms with Gasteiger partial charge in [-0.1, -0.05) is 5.92 Å². The summed E-state index contributed by atoms with van der Waals surface area (Å²) >= 11 is 0. The topological polar surface area (TPSA) is 20.3 Å². The Balaban J connectivity index is 0.00000144. The molecule has 2 saturated heterocycles. The largest absolute Gasteiger partial charge is 1.00 e. The molecule has 0 bridgehead atoms. The van der Waals surface area contributed by atoms with Crippen LogP contribution in [0.5, 0.6) is 0 Å². The Labute approximate surface area is 121 Å². The number of carbonyl (C=O) groups excluding carboxylic acids is 1. The highest BCUT2D eigenvalue weighted by molar-refractivity contribution is 5.78. The predicted octanol–water partition coefficient (Wildman–Crippen LogP) is -2.14. The van der Waals surface area contributed by atoms with Gasteiger partial charge in [-0.2, -0.15) is 0 Å². The van der Waals surface area contributed by atoms with Crippen LogP contribution in [-0.4, -0.2) is 55.1 Å². The Bertz CT molecular complexity index is 326. The molecule has 3 nitrogen and oxygen atoms in total. The van der Waals surface area contributed by atoms with Crippen molar-refractivity contribution in [3.05, 3.63) is 0 Å². The van der Waals surface area contributed by atoms with E-state index in [1.54, 1.807) is 0 Å². The normalized spacial score (nSPS) is 21.9. The van der Waals surface area contributed by atoms with Gasteiger partial charge in [0.05, 0.1) is 26.7 Å². The second-order valence-corrected chi connectivity index (χ2v) is 5.20. The maximum absolute atomic E-state index is 11.3. The maximum atomic E-state index is 11.3. The van der Waals surface area contributed by atoms with Crippen LogP contribution in [0.3, 0.4) is 0 Å². The molecule has 2 aliphatic heterocycles. The van der Waals surface area contributed by atoms with Crippen molar-refractivity contribution in [2.75, 3.05) is 39.8 Å². The third-order valence-electron chi connectivity index (χ3n) is 3.67. The van der Waals surface area contributed by atoms with E-state index in [4.69, 9.17) is 0 Å². The summed E-state index contributed by atoms with van der Waals surface area (Å²) < 4.78 is 1.10. The molecule has 0 N–H and O–H groups in total. The molecule has 0 radical (unpaired) electrons. The van der Waals surface area contributed by atoms with Gasteiger partial charge in [0.25, 0.3) is 0 Å². The van der Waals surface area contributed by atoms with Gasteiger partial charge in [0.15, 0.2) is 0 Å². The molecule has 0 spiro atoms. The van der Waals surface area contributed by atoms with Crippen LogP contribution in [0.15, 0.2) is 0 Å². The second kappa shape index (κ2) is 6.60. The average molecular weight is 348 g/mol. The molecule has 1 amide bonds. The van der Waals surface area contributed by atoms with Crippen molar-refractivity contribution in [3.63, 3.8) is 0 Å². The van der Waals surface area contributed by atoms with Crippen molar-refractivity contribution in [3.8, 4) is 11.8 Å². The molecule has 0 aliphatic carbocycles. The minimum absolute atomic E-state index is 0. The van der Waals surface area contributed by atoms with Gasteiger partial charge in [-0.15, -0.1) is 0 Å². The van der Waals surface area contributed by atoms with Gasteiger partial charge >= 0.3 is 0 Å². The Morgan fingerprint density at radius 1 is 1.24 bits per heavy atom. The lowest BCUT2D eigenvalue weighted by Crippen LogP contribution is -3.00. The summed E-state index contributed by atoms with van der Waals surface area (Å²) in [6, 6.07) is 0. The number of carbonyl (C=O) groups is 1. The lowest BCUT2D eigenvalue weighted by atomic mass is 10.4. The highest BCUT2D eigenvalue weighted by atomic mass is 127. The molecule has 0 aromatic rings. The summed E-state index contributed by atoms with van der Waals surface area (Å²) in [5.74, 6) is 6.67. The maximum Gasteiger partial charge on any atom is 0.223 e. The standard InChI is InChI=1S/C13H21N2O.HI/c1-15(11-4-5-12-15)10-3-2-8-14-9-6-7-13(14)16;/h4-12H2,1H3;1H/q+1;/p-1. The summed E-state index contributed by atoms with van der Waals surface area (Å²) in [5, 5.41) is 0. The first-order valence-electron chi connectivity index (χ1n) is 6.27. The van der Waals surface area contributed by atoms with E-state index >= 15 is 0 Å². The van der Waals surface area contributed by atoms with Crippen LogP contribution in [-0.2, 0) is 4.79 Å². The molecule has 2 rings (SSSR count). The Hall–Kier alpha value is -0.280. The van der Waals surface area contributed by atoms with Crippen LogP contribution in [0.4, 0.5) is 0 Å². The van der Waals surface area contributed by atoms with Gasteiger partial charge in [-0.3, -0.25) is 4.79 Å². The van der Waals surface area contributed by atoms with Crippen molar-refractivity contribution < 1.29 is 33.3 Å². The summed E-state index contributed by atoms with van der Waals surface area (Å²) in [5.41, 5.74) is 0. The lowest BCUT2D eigenvalue weighted by Gasteiger charge is -2.26. The Morgan fingerprint density at radius 3 is 2.53 bits per heavy atom. The quantitative estimate of drug-likeness (QED) is 0.317. The third-order valence-corrected chi connectivity index (χ3v) is 3.67. The second-order valence-electron chi connectivity index (χ2n) is 5.20. The zero-order valence-corrected chi connectivity index (χ0v) is 12.7. The molecule has 96 valence electrons. The van der Waals surface area contributed by atoms with Crippen molar-refractivity contribution in [2.24, 2.45) is 0 Å². The number of nitrogens with zero attached hydrogens (tertiary/aromatic N) is 2. The molecule has 0 atom stereocenters. The van der Waals surface area contributed by atoms with Gasteiger partial charge in [0.1, 0.15) is 6.54 Å². The van der Waals surface area contributed by atoms with E-state index in [-0.39, 0.29) is 29.9 Å². The zero-order chi connectivity index (χ0) is 11.4. The number of hydrogen-bond donors (Lipinski definition) is 0. The number of halogens is 1. The highest BCUT2D eigenvalue weighted by Crippen LogP contribution is 2.14. The van der Waals surface area contributed by atoms with E-state index in [0.717, 1.165) is 30.4 Å². The number of likely N-dealkylation sites (tertiary alicyclic amines) is 2. The van der Waals surface area contributed by atoms with Crippen LogP contribution in [0, 0.1) is 11.8 Å². The van der Waals surface area contributed by atoms with Crippen LogP contribution in [0.2, 0.25) is 0 Å². The predicted molar refractivity (Wildman–Crippen MR) is 63.6 cm³/mol. The molecule has 0 aromatic carbocycles. The minimum atomic E-state index is 0. The van der Waals surface area contributed by atoms with E-state index in [1.165, 1.54) is 25.9 Å². The van der Waals surface area contributed by atoms with E-state index in [0.29, 0.717) is 6.54 Å².